The van der Waals surface area contributed by atoms with Gasteiger partial charge in [-0.1, -0.05) is 32.9 Å². The lowest BCUT2D eigenvalue weighted by Crippen LogP contribution is -2.30. The van der Waals surface area contributed by atoms with Gasteiger partial charge in [0.1, 0.15) is 0 Å². The summed E-state index contributed by atoms with van der Waals surface area (Å²) in [7, 11) is 0. The summed E-state index contributed by atoms with van der Waals surface area (Å²) in [6.45, 7) is 8.80. The third-order valence-corrected chi connectivity index (χ3v) is 4.30. The van der Waals surface area contributed by atoms with Gasteiger partial charge in [-0.25, -0.2) is 0 Å². The smallest absolute Gasteiger partial charge is 0.237 e. The molecule has 2 amide bonds. The lowest BCUT2D eigenvalue weighted by molar-refractivity contribution is -0.122. The van der Waals surface area contributed by atoms with E-state index in [0.717, 1.165) is 18.5 Å². The number of benzene rings is 1. The molecule has 1 saturated heterocycles. The Labute approximate surface area is 126 Å². The predicted molar refractivity (Wildman–Crippen MR) is 84.0 cm³/mol. The van der Waals surface area contributed by atoms with E-state index in [2.05, 4.69) is 19.2 Å². The Kier molecular flexibility index (Phi) is 4.78. The van der Waals surface area contributed by atoms with E-state index >= 15 is 0 Å². The van der Waals surface area contributed by atoms with Crippen LogP contribution in [0.25, 0.3) is 0 Å². The number of carbonyl (C=O) groups excluding carboxylic acids is 2. The number of rotatable bonds is 5. The van der Waals surface area contributed by atoms with Crippen LogP contribution in [0.3, 0.4) is 0 Å². The Morgan fingerprint density at radius 2 is 1.81 bits per heavy atom. The topological polar surface area (TPSA) is 49.4 Å². The van der Waals surface area contributed by atoms with Crippen molar-refractivity contribution in [2.24, 2.45) is 11.8 Å². The van der Waals surface area contributed by atoms with Crippen molar-refractivity contribution >= 4 is 17.5 Å². The second-order valence-electron chi connectivity index (χ2n) is 5.86. The zero-order valence-corrected chi connectivity index (χ0v) is 13.2. The minimum absolute atomic E-state index is 0.0983. The molecule has 4 nitrogen and oxygen atoms in total. The quantitative estimate of drug-likeness (QED) is 0.848. The molecule has 114 valence electrons. The summed E-state index contributed by atoms with van der Waals surface area (Å²) in [5.41, 5.74) is 1.78. The first-order valence-electron chi connectivity index (χ1n) is 7.68. The Morgan fingerprint density at radius 3 is 2.38 bits per heavy atom. The molecule has 0 spiro atoms. The zero-order chi connectivity index (χ0) is 15.6. The standard InChI is InChI=1S/C17H24N2O2/c1-5-9-18-13(4)14-7-6-8-15(10-14)19-16(20)11(2)12(3)17(19)21/h6-8,10-13,18H,5,9H2,1-4H3. The molecular formula is C17H24N2O2. The second-order valence-corrected chi connectivity index (χ2v) is 5.86. The molecule has 1 aliphatic rings. The third kappa shape index (κ3) is 3.00. The van der Waals surface area contributed by atoms with Gasteiger partial charge in [0.25, 0.3) is 0 Å². The first kappa shape index (κ1) is 15.7. The molecule has 0 radical (unpaired) electrons. The van der Waals surface area contributed by atoms with Gasteiger partial charge < -0.3 is 5.32 Å². The molecule has 4 heteroatoms. The fourth-order valence-electron chi connectivity index (χ4n) is 2.61. The van der Waals surface area contributed by atoms with Crippen LogP contribution in [-0.4, -0.2) is 18.4 Å². The van der Waals surface area contributed by atoms with Crippen molar-refractivity contribution in [3.63, 3.8) is 0 Å². The van der Waals surface area contributed by atoms with E-state index in [1.165, 1.54) is 4.90 Å². The summed E-state index contributed by atoms with van der Waals surface area (Å²) >= 11 is 0. The van der Waals surface area contributed by atoms with Crippen LogP contribution in [-0.2, 0) is 9.59 Å². The third-order valence-electron chi connectivity index (χ3n) is 4.30. The first-order valence-corrected chi connectivity index (χ1v) is 7.68. The molecule has 1 heterocycles. The summed E-state index contributed by atoms with van der Waals surface area (Å²) in [6.07, 6.45) is 1.07. The molecule has 3 atom stereocenters. The largest absolute Gasteiger partial charge is 0.310 e. The molecule has 2 rings (SSSR count). The maximum Gasteiger partial charge on any atom is 0.237 e. The number of nitrogens with one attached hydrogen (secondary N) is 1. The van der Waals surface area contributed by atoms with Gasteiger partial charge in [-0.2, -0.15) is 0 Å². The highest BCUT2D eigenvalue weighted by Gasteiger charge is 2.43. The highest BCUT2D eigenvalue weighted by molar-refractivity contribution is 6.21. The van der Waals surface area contributed by atoms with Crippen molar-refractivity contribution in [3.8, 4) is 0 Å². The maximum absolute atomic E-state index is 12.3. The average molecular weight is 288 g/mol. The molecule has 0 aromatic heterocycles. The van der Waals surface area contributed by atoms with Gasteiger partial charge in [-0.05, 0) is 37.6 Å². The van der Waals surface area contributed by atoms with E-state index in [1.54, 1.807) is 0 Å². The molecule has 1 N–H and O–H groups in total. The molecule has 0 aliphatic carbocycles. The fraction of sp³-hybridized carbons (Fsp3) is 0.529. The van der Waals surface area contributed by atoms with E-state index in [1.807, 2.05) is 38.1 Å². The molecule has 0 saturated carbocycles. The number of hydrogen-bond donors (Lipinski definition) is 1. The van der Waals surface area contributed by atoms with Crippen LogP contribution in [0.5, 0.6) is 0 Å². The number of anilines is 1. The van der Waals surface area contributed by atoms with E-state index in [4.69, 9.17) is 0 Å². The number of amides is 2. The summed E-state index contributed by atoms with van der Waals surface area (Å²) < 4.78 is 0. The number of carbonyl (C=O) groups is 2. The SMILES string of the molecule is CCCNC(C)c1cccc(N2C(=O)C(C)C(C)C2=O)c1. The van der Waals surface area contributed by atoms with Gasteiger partial charge in [-0.15, -0.1) is 0 Å². The molecule has 1 aliphatic heterocycles. The van der Waals surface area contributed by atoms with E-state index in [-0.39, 0.29) is 29.7 Å². The van der Waals surface area contributed by atoms with Gasteiger partial charge in [0.2, 0.25) is 11.8 Å². The fourth-order valence-corrected chi connectivity index (χ4v) is 2.61. The summed E-state index contributed by atoms with van der Waals surface area (Å²) in [5, 5.41) is 3.42. The number of nitrogens with zero attached hydrogens (tertiary/aromatic N) is 1. The minimum atomic E-state index is -0.239. The van der Waals surface area contributed by atoms with Gasteiger partial charge >= 0.3 is 0 Å². The molecule has 1 aromatic carbocycles. The number of imide groups is 1. The minimum Gasteiger partial charge on any atom is -0.310 e. The molecular weight excluding hydrogens is 264 g/mol. The van der Waals surface area contributed by atoms with E-state index < -0.39 is 0 Å². The molecule has 0 bridgehead atoms. The Balaban J connectivity index is 2.25. The average Bonchev–Trinajstić information content (AvgIpc) is 2.69. The highest BCUT2D eigenvalue weighted by atomic mass is 16.2. The molecule has 1 fully saturated rings. The van der Waals surface area contributed by atoms with Crippen molar-refractivity contribution in [3.05, 3.63) is 29.8 Å². The number of hydrogen-bond acceptors (Lipinski definition) is 3. The zero-order valence-electron chi connectivity index (χ0n) is 13.2. The van der Waals surface area contributed by atoms with E-state index in [9.17, 15) is 9.59 Å². The predicted octanol–water partition coefficient (Wildman–Crippen LogP) is 2.89. The van der Waals surface area contributed by atoms with Crippen LogP contribution in [0.15, 0.2) is 24.3 Å². The highest BCUT2D eigenvalue weighted by Crippen LogP contribution is 2.31. The summed E-state index contributed by atoms with van der Waals surface area (Å²) in [6, 6.07) is 7.90. The lowest BCUT2D eigenvalue weighted by atomic mass is 10.00. The van der Waals surface area contributed by atoms with Crippen LogP contribution < -0.4 is 10.2 Å². The van der Waals surface area contributed by atoms with Gasteiger partial charge in [0, 0.05) is 17.9 Å². The Hall–Kier alpha value is -1.68. The second kappa shape index (κ2) is 6.39. The van der Waals surface area contributed by atoms with Gasteiger partial charge in [0.15, 0.2) is 0 Å². The van der Waals surface area contributed by atoms with Crippen LogP contribution in [0.4, 0.5) is 5.69 Å². The normalized spacial score (nSPS) is 23.7. The summed E-state index contributed by atoms with van der Waals surface area (Å²) in [4.78, 5) is 25.9. The Bertz CT molecular complexity index is 521. The van der Waals surface area contributed by atoms with Crippen molar-refractivity contribution in [1.29, 1.82) is 0 Å². The first-order chi connectivity index (χ1) is 9.97. The van der Waals surface area contributed by atoms with Crippen molar-refractivity contribution in [1.82, 2.24) is 5.32 Å². The maximum atomic E-state index is 12.3. The van der Waals surface area contributed by atoms with Crippen molar-refractivity contribution in [2.45, 2.75) is 40.2 Å². The van der Waals surface area contributed by atoms with Crippen LogP contribution in [0.1, 0.15) is 45.7 Å². The Morgan fingerprint density at radius 1 is 1.19 bits per heavy atom. The lowest BCUT2D eigenvalue weighted by Gasteiger charge is -2.18. The van der Waals surface area contributed by atoms with Crippen LogP contribution in [0.2, 0.25) is 0 Å². The molecule has 3 unspecified atom stereocenters. The van der Waals surface area contributed by atoms with Crippen molar-refractivity contribution in [2.75, 3.05) is 11.4 Å². The van der Waals surface area contributed by atoms with Crippen molar-refractivity contribution < 1.29 is 9.59 Å². The van der Waals surface area contributed by atoms with Crippen LogP contribution >= 0.6 is 0 Å². The molecule has 21 heavy (non-hydrogen) atoms. The monoisotopic (exact) mass is 288 g/mol. The molecule has 1 aromatic rings. The van der Waals surface area contributed by atoms with Gasteiger partial charge in [0.05, 0.1) is 5.69 Å². The van der Waals surface area contributed by atoms with Crippen LogP contribution in [0, 0.1) is 11.8 Å². The summed E-state index contributed by atoms with van der Waals surface area (Å²) in [5.74, 6) is -0.675. The van der Waals surface area contributed by atoms with Gasteiger partial charge in [-0.3, -0.25) is 14.5 Å². The van der Waals surface area contributed by atoms with E-state index in [0.29, 0.717) is 5.69 Å².